The number of fused-ring (bicyclic) bond motifs is 3. The average molecular weight is 468 g/mol. The zero-order valence-electron chi connectivity index (χ0n) is 20.6. The van der Waals surface area contributed by atoms with E-state index >= 15 is 0 Å². The molecular formula is C25H37N7O2. The Labute approximate surface area is 202 Å². The summed E-state index contributed by atoms with van der Waals surface area (Å²) in [7, 11) is 5.80. The van der Waals surface area contributed by atoms with E-state index in [-0.39, 0.29) is 5.92 Å². The van der Waals surface area contributed by atoms with Crippen molar-refractivity contribution in [2.24, 2.45) is 11.8 Å². The van der Waals surface area contributed by atoms with Gasteiger partial charge in [-0.3, -0.25) is 14.4 Å². The highest BCUT2D eigenvalue weighted by Crippen LogP contribution is 2.38. The number of piperazine rings is 1. The van der Waals surface area contributed by atoms with Crippen LogP contribution in [0.3, 0.4) is 0 Å². The first-order valence-corrected chi connectivity index (χ1v) is 12.5. The molecule has 4 aliphatic heterocycles. The van der Waals surface area contributed by atoms with Crippen LogP contribution in [0.25, 0.3) is 0 Å². The van der Waals surface area contributed by atoms with Gasteiger partial charge >= 0.3 is 0 Å². The number of hydrogen-bond donors (Lipinski definition) is 0. The lowest BCUT2D eigenvalue weighted by Crippen LogP contribution is -2.60. The largest absolute Gasteiger partial charge is 0.495 e. The van der Waals surface area contributed by atoms with Gasteiger partial charge in [0.15, 0.2) is 0 Å². The Morgan fingerprint density at radius 2 is 1.94 bits per heavy atom. The summed E-state index contributed by atoms with van der Waals surface area (Å²) in [5.41, 5.74) is 2.12. The summed E-state index contributed by atoms with van der Waals surface area (Å²) in [5.74, 6) is 1.84. The molecule has 34 heavy (non-hydrogen) atoms. The molecule has 0 spiro atoms. The standard InChI is InChI=1S/C25H37N7O2/c1-28(2)15-20-16-32(27-26-20)17-21-14-19-8-9-31(21)18-22(19)25(33)30-12-10-29(11-13-30)23-6-4-5-7-24(23)34-3/h4-7,16,19,21-22H,8-15,17-18H2,1-3H3/t19-,21-,22+/m1/s1. The Hall–Kier alpha value is -2.65. The minimum absolute atomic E-state index is 0.128. The average Bonchev–Trinajstić information content (AvgIpc) is 3.30. The van der Waals surface area contributed by atoms with Gasteiger partial charge in [-0.05, 0) is 51.5 Å². The molecular weight excluding hydrogens is 430 g/mol. The van der Waals surface area contributed by atoms with Crippen molar-refractivity contribution in [1.29, 1.82) is 0 Å². The maximum absolute atomic E-state index is 13.5. The molecule has 4 atom stereocenters. The molecule has 0 saturated carbocycles. The lowest BCUT2D eigenvalue weighted by Gasteiger charge is -2.50. The number of anilines is 1. The number of methoxy groups -OCH3 is 1. The second-order valence-electron chi connectivity index (χ2n) is 10.2. The highest BCUT2D eigenvalue weighted by atomic mass is 16.5. The van der Waals surface area contributed by atoms with Gasteiger partial charge in [-0.2, -0.15) is 0 Å². The molecule has 1 aromatic carbocycles. The molecule has 1 aromatic heterocycles. The molecule has 5 heterocycles. The third-order valence-electron chi connectivity index (χ3n) is 7.68. The number of rotatable bonds is 7. The van der Waals surface area contributed by atoms with Crippen LogP contribution < -0.4 is 9.64 Å². The number of amides is 1. The van der Waals surface area contributed by atoms with E-state index in [9.17, 15) is 4.79 Å². The highest BCUT2D eigenvalue weighted by Gasteiger charge is 2.44. The molecule has 9 heteroatoms. The zero-order chi connectivity index (χ0) is 23.7. The van der Waals surface area contributed by atoms with Crippen LogP contribution in [0.2, 0.25) is 0 Å². The van der Waals surface area contributed by atoms with Crippen molar-refractivity contribution in [2.75, 3.05) is 65.4 Å². The van der Waals surface area contributed by atoms with Crippen LogP contribution in [-0.4, -0.2) is 102 Å². The lowest BCUT2D eigenvalue weighted by molar-refractivity contribution is -0.144. The first-order chi connectivity index (χ1) is 16.5. The van der Waals surface area contributed by atoms with Gasteiger partial charge in [0.2, 0.25) is 5.91 Å². The Kier molecular flexibility index (Phi) is 6.74. The topological polar surface area (TPSA) is 70.0 Å². The van der Waals surface area contributed by atoms with Crippen LogP contribution in [-0.2, 0) is 17.9 Å². The molecule has 4 aliphatic rings. The summed E-state index contributed by atoms with van der Waals surface area (Å²) < 4.78 is 7.52. The predicted octanol–water partition coefficient (Wildman–Crippen LogP) is 1.41. The second-order valence-corrected chi connectivity index (χ2v) is 10.2. The predicted molar refractivity (Wildman–Crippen MR) is 131 cm³/mol. The van der Waals surface area contributed by atoms with Gasteiger partial charge in [-0.1, -0.05) is 17.3 Å². The van der Waals surface area contributed by atoms with Crippen molar-refractivity contribution < 1.29 is 9.53 Å². The van der Waals surface area contributed by atoms with Gasteiger partial charge < -0.3 is 19.4 Å². The maximum Gasteiger partial charge on any atom is 0.227 e. The van der Waals surface area contributed by atoms with Crippen LogP contribution >= 0.6 is 0 Å². The van der Waals surface area contributed by atoms with Gasteiger partial charge in [-0.15, -0.1) is 5.10 Å². The molecule has 1 amide bonds. The van der Waals surface area contributed by atoms with Crippen molar-refractivity contribution >= 4 is 11.6 Å². The summed E-state index contributed by atoms with van der Waals surface area (Å²) >= 11 is 0. The number of nitrogens with zero attached hydrogens (tertiary/aromatic N) is 7. The smallest absolute Gasteiger partial charge is 0.227 e. The lowest BCUT2D eigenvalue weighted by atomic mass is 9.75. The molecule has 4 fully saturated rings. The Morgan fingerprint density at radius 1 is 1.15 bits per heavy atom. The fourth-order valence-electron chi connectivity index (χ4n) is 5.94. The fourth-order valence-corrected chi connectivity index (χ4v) is 5.94. The summed E-state index contributed by atoms with van der Waals surface area (Å²) in [6.45, 7) is 6.86. The van der Waals surface area contributed by atoms with E-state index in [0.717, 1.165) is 82.3 Å². The SMILES string of the molecule is COc1ccccc1N1CCN(C(=O)[C@H]2CN3CC[C@@H]2C[C@@H]3Cn2cc(CN(C)C)nn2)CC1. The molecule has 2 bridgehead atoms. The molecule has 0 radical (unpaired) electrons. The van der Waals surface area contributed by atoms with Gasteiger partial charge in [-0.25, -0.2) is 0 Å². The number of carbonyl (C=O) groups is 1. The Balaban J connectivity index is 1.16. The van der Waals surface area contributed by atoms with Crippen molar-refractivity contribution in [3.05, 3.63) is 36.2 Å². The number of benzene rings is 1. The molecule has 0 N–H and O–H groups in total. The van der Waals surface area contributed by atoms with Crippen LogP contribution in [0.1, 0.15) is 18.5 Å². The molecule has 184 valence electrons. The van der Waals surface area contributed by atoms with Crippen LogP contribution in [0.4, 0.5) is 5.69 Å². The highest BCUT2D eigenvalue weighted by molar-refractivity contribution is 5.80. The molecule has 1 unspecified atom stereocenters. The van der Waals surface area contributed by atoms with E-state index in [0.29, 0.717) is 17.9 Å². The third kappa shape index (κ3) is 4.77. The van der Waals surface area contributed by atoms with E-state index in [4.69, 9.17) is 4.74 Å². The van der Waals surface area contributed by atoms with Gasteiger partial charge in [0, 0.05) is 51.5 Å². The molecule has 6 rings (SSSR count). The number of carbonyl (C=O) groups excluding carboxylic acids is 1. The Morgan fingerprint density at radius 3 is 2.65 bits per heavy atom. The van der Waals surface area contributed by atoms with Crippen molar-refractivity contribution in [3.63, 3.8) is 0 Å². The van der Waals surface area contributed by atoms with Crippen molar-refractivity contribution in [2.45, 2.75) is 32.0 Å². The second kappa shape index (κ2) is 9.92. The van der Waals surface area contributed by atoms with Crippen LogP contribution in [0, 0.1) is 11.8 Å². The van der Waals surface area contributed by atoms with E-state index in [1.807, 2.05) is 37.0 Å². The Bertz CT molecular complexity index is 985. The number of aromatic nitrogens is 3. The van der Waals surface area contributed by atoms with Gasteiger partial charge in [0.25, 0.3) is 0 Å². The van der Waals surface area contributed by atoms with E-state index in [1.54, 1.807) is 7.11 Å². The minimum Gasteiger partial charge on any atom is -0.495 e. The molecule has 9 nitrogen and oxygen atoms in total. The first kappa shape index (κ1) is 23.1. The first-order valence-electron chi connectivity index (χ1n) is 12.5. The summed E-state index contributed by atoms with van der Waals surface area (Å²) in [6.07, 6.45) is 4.25. The summed E-state index contributed by atoms with van der Waals surface area (Å²) in [4.78, 5) is 22.5. The van der Waals surface area contributed by atoms with Crippen molar-refractivity contribution in [1.82, 2.24) is 29.7 Å². The molecule has 4 saturated heterocycles. The summed E-state index contributed by atoms with van der Waals surface area (Å²) in [6, 6.07) is 8.58. The van der Waals surface area contributed by atoms with E-state index in [2.05, 4.69) is 42.2 Å². The number of para-hydroxylation sites is 2. The van der Waals surface area contributed by atoms with Crippen LogP contribution in [0.5, 0.6) is 5.75 Å². The number of hydrogen-bond acceptors (Lipinski definition) is 7. The van der Waals surface area contributed by atoms with Crippen molar-refractivity contribution in [3.8, 4) is 5.75 Å². The monoisotopic (exact) mass is 467 g/mol. The normalized spacial score (nSPS) is 26.8. The minimum atomic E-state index is 0.128. The van der Waals surface area contributed by atoms with E-state index < -0.39 is 0 Å². The van der Waals surface area contributed by atoms with E-state index in [1.165, 1.54) is 0 Å². The van der Waals surface area contributed by atoms with Gasteiger partial charge in [0.05, 0.1) is 31.0 Å². The third-order valence-corrected chi connectivity index (χ3v) is 7.68. The quantitative estimate of drug-likeness (QED) is 0.610. The van der Waals surface area contributed by atoms with Gasteiger partial charge in [0.1, 0.15) is 5.75 Å². The molecule has 0 aliphatic carbocycles. The van der Waals surface area contributed by atoms with Crippen LogP contribution in [0.15, 0.2) is 30.5 Å². The fraction of sp³-hybridized carbons (Fsp3) is 0.640. The maximum atomic E-state index is 13.5. The summed E-state index contributed by atoms with van der Waals surface area (Å²) in [5, 5.41) is 8.65. The zero-order valence-corrected chi connectivity index (χ0v) is 20.6. The number of piperidine rings is 3. The molecule has 2 aromatic rings. The number of ether oxygens (including phenoxy) is 1.